The van der Waals surface area contributed by atoms with Crippen molar-refractivity contribution in [1.29, 1.82) is 0 Å². The fourth-order valence-electron chi connectivity index (χ4n) is 3.01. The quantitative estimate of drug-likeness (QED) is 0.373. The van der Waals surface area contributed by atoms with E-state index in [0.29, 0.717) is 11.6 Å². The molecule has 0 amide bonds. The highest BCUT2D eigenvalue weighted by atomic mass is 35.5. The molecule has 0 heterocycles. The number of halogens is 1. The summed E-state index contributed by atoms with van der Waals surface area (Å²) >= 11 is 6.43. The van der Waals surface area contributed by atoms with Crippen LogP contribution in [0.4, 0.5) is 0 Å². The lowest BCUT2D eigenvalue weighted by Crippen LogP contribution is -2.13. The molecular formula is C24H22ClNO2. The number of hydrogen-bond donors (Lipinski definition) is 0. The molecule has 3 aromatic carbocycles. The SMILES string of the molecule is CCOC(=O)CC(N=C(c1ccccc1)c1ccccc1)c1ccccc1Cl. The Morgan fingerprint density at radius 3 is 1.96 bits per heavy atom. The fourth-order valence-corrected chi connectivity index (χ4v) is 3.27. The number of hydrogen-bond acceptors (Lipinski definition) is 3. The van der Waals surface area contributed by atoms with E-state index in [1.807, 2.05) is 84.9 Å². The van der Waals surface area contributed by atoms with E-state index in [1.165, 1.54) is 0 Å². The standard InChI is InChI=1S/C24H22ClNO2/c1-2-28-23(27)17-22(20-15-9-10-16-21(20)25)26-24(18-11-5-3-6-12-18)19-13-7-4-8-14-19/h3-16,22H,2,17H2,1H3. The van der Waals surface area contributed by atoms with Crippen molar-refractivity contribution in [3.63, 3.8) is 0 Å². The Balaban J connectivity index is 2.11. The van der Waals surface area contributed by atoms with Crippen molar-refractivity contribution in [2.75, 3.05) is 6.61 Å². The summed E-state index contributed by atoms with van der Waals surface area (Å²) < 4.78 is 5.18. The van der Waals surface area contributed by atoms with Crippen molar-refractivity contribution in [1.82, 2.24) is 0 Å². The number of rotatable bonds is 7. The summed E-state index contributed by atoms with van der Waals surface area (Å²) in [7, 11) is 0. The monoisotopic (exact) mass is 391 g/mol. The van der Waals surface area contributed by atoms with Gasteiger partial charge >= 0.3 is 5.97 Å². The maximum absolute atomic E-state index is 12.3. The van der Waals surface area contributed by atoms with Crippen LogP contribution in [0.2, 0.25) is 5.02 Å². The second-order valence-electron chi connectivity index (χ2n) is 6.26. The van der Waals surface area contributed by atoms with Gasteiger partial charge in [0.2, 0.25) is 0 Å². The molecule has 3 rings (SSSR count). The van der Waals surface area contributed by atoms with Gasteiger partial charge in [0, 0.05) is 16.1 Å². The van der Waals surface area contributed by atoms with Gasteiger partial charge in [-0.05, 0) is 18.6 Å². The lowest BCUT2D eigenvalue weighted by atomic mass is 9.99. The van der Waals surface area contributed by atoms with Crippen LogP contribution in [-0.2, 0) is 9.53 Å². The first-order valence-corrected chi connectivity index (χ1v) is 9.65. The molecule has 0 spiro atoms. The van der Waals surface area contributed by atoms with Gasteiger partial charge in [-0.15, -0.1) is 0 Å². The average Bonchev–Trinajstić information content (AvgIpc) is 2.73. The Labute approximate surface area is 170 Å². The summed E-state index contributed by atoms with van der Waals surface area (Å²) in [6.45, 7) is 2.13. The van der Waals surface area contributed by atoms with Crippen LogP contribution in [0.1, 0.15) is 36.1 Å². The summed E-state index contributed by atoms with van der Waals surface area (Å²) in [5, 5.41) is 0.584. The highest BCUT2D eigenvalue weighted by Crippen LogP contribution is 2.30. The van der Waals surface area contributed by atoms with Crippen LogP contribution in [0.3, 0.4) is 0 Å². The van der Waals surface area contributed by atoms with Crippen LogP contribution >= 0.6 is 11.6 Å². The Bertz CT molecular complexity index is 898. The van der Waals surface area contributed by atoms with Crippen molar-refractivity contribution in [2.24, 2.45) is 4.99 Å². The summed E-state index contributed by atoms with van der Waals surface area (Å²) in [6, 6.07) is 26.9. The van der Waals surface area contributed by atoms with Gasteiger partial charge in [0.15, 0.2) is 0 Å². The Kier molecular flexibility index (Phi) is 6.99. The zero-order chi connectivity index (χ0) is 19.8. The number of benzene rings is 3. The first kappa shape index (κ1) is 19.8. The molecule has 0 aliphatic heterocycles. The molecule has 0 radical (unpaired) electrons. The Morgan fingerprint density at radius 1 is 0.893 bits per heavy atom. The van der Waals surface area contributed by atoms with Crippen molar-refractivity contribution >= 4 is 23.3 Å². The van der Waals surface area contributed by atoms with Gasteiger partial charge in [-0.1, -0.05) is 90.5 Å². The molecule has 1 atom stereocenters. The third-order valence-electron chi connectivity index (χ3n) is 4.31. The van der Waals surface area contributed by atoms with Crippen LogP contribution in [0.5, 0.6) is 0 Å². The zero-order valence-corrected chi connectivity index (χ0v) is 16.5. The lowest BCUT2D eigenvalue weighted by Gasteiger charge is -2.17. The minimum absolute atomic E-state index is 0.126. The smallest absolute Gasteiger partial charge is 0.308 e. The molecule has 0 aromatic heterocycles. The Morgan fingerprint density at radius 2 is 1.43 bits per heavy atom. The topological polar surface area (TPSA) is 38.7 Å². The van der Waals surface area contributed by atoms with Gasteiger partial charge < -0.3 is 4.74 Å². The van der Waals surface area contributed by atoms with Gasteiger partial charge in [-0.2, -0.15) is 0 Å². The molecule has 4 heteroatoms. The average molecular weight is 392 g/mol. The van der Waals surface area contributed by atoms with E-state index < -0.39 is 6.04 Å². The summed E-state index contributed by atoms with van der Waals surface area (Å²) in [5.74, 6) is -0.295. The van der Waals surface area contributed by atoms with Gasteiger partial charge in [-0.25, -0.2) is 0 Å². The number of esters is 1. The van der Waals surface area contributed by atoms with Gasteiger partial charge in [0.1, 0.15) is 0 Å². The van der Waals surface area contributed by atoms with Crippen LogP contribution in [0, 0.1) is 0 Å². The number of nitrogens with zero attached hydrogens (tertiary/aromatic N) is 1. The minimum Gasteiger partial charge on any atom is -0.466 e. The molecule has 0 bridgehead atoms. The van der Waals surface area contributed by atoms with E-state index >= 15 is 0 Å². The van der Waals surface area contributed by atoms with Gasteiger partial charge in [-0.3, -0.25) is 9.79 Å². The molecule has 0 fully saturated rings. The molecular weight excluding hydrogens is 370 g/mol. The molecule has 142 valence electrons. The molecule has 3 nitrogen and oxygen atoms in total. The highest BCUT2D eigenvalue weighted by molar-refractivity contribution is 6.31. The van der Waals surface area contributed by atoms with E-state index in [0.717, 1.165) is 22.4 Å². The molecule has 3 aromatic rings. The zero-order valence-electron chi connectivity index (χ0n) is 15.7. The predicted octanol–water partition coefficient (Wildman–Crippen LogP) is 5.87. The number of carbonyl (C=O) groups excluding carboxylic acids is 1. The minimum atomic E-state index is -0.442. The van der Waals surface area contributed by atoms with Crippen molar-refractivity contribution < 1.29 is 9.53 Å². The van der Waals surface area contributed by atoms with E-state index in [1.54, 1.807) is 6.92 Å². The van der Waals surface area contributed by atoms with Crippen molar-refractivity contribution in [3.8, 4) is 0 Å². The molecule has 0 N–H and O–H groups in total. The van der Waals surface area contributed by atoms with E-state index in [4.69, 9.17) is 21.3 Å². The number of ether oxygens (including phenoxy) is 1. The normalized spacial score (nSPS) is 11.5. The molecule has 0 saturated carbocycles. The molecule has 0 saturated heterocycles. The second-order valence-corrected chi connectivity index (χ2v) is 6.66. The fraction of sp³-hybridized carbons (Fsp3) is 0.167. The number of aliphatic imine (C=N–C) groups is 1. The highest BCUT2D eigenvalue weighted by Gasteiger charge is 2.20. The van der Waals surface area contributed by atoms with E-state index in [2.05, 4.69) is 0 Å². The first-order chi connectivity index (χ1) is 13.7. The summed E-state index contributed by atoms with van der Waals surface area (Å²) in [5.41, 5.74) is 3.58. The third kappa shape index (κ3) is 5.08. The first-order valence-electron chi connectivity index (χ1n) is 9.27. The van der Waals surface area contributed by atoms with Crippen LogP contribution < -0.4 is 0 Å². The lowest BCUT2D eigenvalue weighted by molar-refractivity contribution is -0.143. The third-order valence-corrected chi connectivity index (χ3v) is 4.65. The van der Waals surface area contributed by atoms with Gasteiger partial charge in [0.05, 0.1) is 24.8 Å². The molecule has 0 aliphatic carbocycles. The van der Waals surface area contributed by atoms with E-state index in [9.17, 15) is 4.79 Å². The van der Waals surface area contributed by atoms with Crippen LogP contribution in [0.25, 0.3) is 0 Å². The number of carbonyl (C=O) groups is 1. The van der Waals surface area contributed by atoms with Crippen LogP contribution in [-0.4, -0.2) is 18.3 Å². The maximum Gasteiger partial charge on any atom is 0.308 e. The van der Waals surface area contributed by atoms with Crippen molar-refractivity contribution in [3.05, 3.63) is 107 Å². The van der Waals surface area contributed by atoms with Gasteiger partial charge in [0.25, 0.3) is 0 Å². The summed E-state index contributed by atoms with van der Waals surface area (Å²) in [6.07, 6.45) is 0.126. The molecule has 28 heavy (non-hydrogen) atoms. The summed E-state index contributed by atoms with van der Waals surface area (Å²) in [4.78, 5) is 17.3. The molecule has 1 unspecified atom stereocenters. The van der Waals surface area contributed by atoms with Crippen molar-refractivity contribution in [2.45, 2.75) is 19.4 Å². The predicted molar refractivity (Wildman–Crippen MR) is 114 cm³/mol. The Hall–Kier alpha value is -2.91. The maximum atomic E-state index is 12.3. The molecule has 0 aliphatic rings. The van der Waals surface area contributed by atoms with E-state index in [-0.39, 0.29) is 12.4 Å². The van der Waals surface area contributed by atoms with Crippen LogP contribution in [0.15, 0.2) is 89.9 Å². The largest absolute Gasteiger partial charge is 0.466 e. The second kappa shape index (κ2) is 9.86.